The Morgan fingerprint density at radius 1 is 1.56 bits per heavy atom. The van der Waals surface area contributed by atoms with Crippen molar-refractivity contribution in [3.8, 4) is 0 Å². The van der Waals surface area contributed by atoms with E-state index in [4.69, 9.17) is 5.73 Å². The molecule has 0 spiro atoms. The minimum absolute atomic E-state index is 0.239. The fourth-order valence-electron chi connectivity index (χ4n) is 2.20. The van der Waals surface area contributed by atoms with Gasteiger partial charge in [-0.05, 0) is 31.9 Å². The van der Waals surface area contributed by atoms with Gasteiger partial charge in [0, 0.05) is 19.0 Å². The SMILES string of the molecule is C[C@@H](O)[C@H]1CCCN(c2ccc(N)cn2)C1. The summed E-state index contributed by atoms with van der Waals surface area (Å²) in [5.41, 5.74) is 6.30. The summed E-state index contributed by atoms with van der Waals surface area (Å²) in [6, 6.07) is 3.81. The summed E-state index contributed by atoms with van der Waals surface area (Å²) in [6.07, 6.45) is 3.66. The lowest BCUT2D eigenvalue weighted by molar-refractivity contribution is 0.115. The topological polar surface area (TPSA) is 62.4 Å². The summed E-state index contributed by atoms with van der Waals surface area (Å²) in [5, 5.41) is 9.62. The number of aromatic nitrogens is 1. The summed E-state index contributed by atoms with van der Waals surface area (Å²) in [5.74, 6) is 1.31. The second-order valence-electron chi connectivity index (χ2n) is 4.54. The lowest BCUT2D eigenvalue weighted by Crippen LogP contribution is -2.39. The predicted octanol–water partition coefficient (Wildman–Crippen LogP) is 1.26. The Bertz CT molecular complexity index is 337. The summed E-state index contributed by atoms with van der Waals surface area (Å²) in [4.78, 5) is 6.54. The number of piperidine rings is 1. The fourth-order valence-corrected chi connectivity index (χ4v) is 2.20. The standard InChI is InChI=1S/C12H19N3O/c1-9(16)10-3-2-6-15(8-10)12-5-4-11(13)7-14-12/h4-5,7,9-10,16H,2-3,6,8,13H2,1H3/t9-,10+/m1/s1. The lowest BCUT2D eigenvalue weighted by atomic mass is 9.93. The van der Waals surface area contributed by atoms with E-state index in [1.807, 2.05) is 19.1 Å². The molecule has 1 aliphatic rings. The highest BCUT2D eigenvalue weighted by molar-refractivity contribution is 5.46. The molecule has 0 amide bonds. The second-order valence-corrected chi connectivity index (χ2v) is 4.54. The number of nitrogens with two attached hydrogens (primary N) is 1. The molecule has 4 nitrogen and oxygen atoms in total. The lowest BCUT2D eigenvalue weighted by Gasteiger charge is -2.34. The normalized spacial score (nSPS) is 23.1. The van der Waals surface area contributed by atoms with E-state index in [2.05, 4.69) is 9.88 Å². The van der Waals surface area contributed by atoms with E-state index in [-0.39, 0.29) is 6.10 Å². The molecule has 1 aromatic heterocycles. The Balaban J connectivity index is 2.06. The van der Waals surface area contributed by atoms with Crippen LogP contribution in [0, 0.1) is 5.92 Å². The average molecular weight is 221 g/mol. The Hall–Kier alpha value is -1.29. The third kappa shape index (κ3) is 2.44. The number of aliphatic hydroxyl groups excluding tert-OH is 1. The van der Waals surface area contributed by atoms with Crippen molar-refractivity contribution in [3.63, 3.8) is 0 Å². The van der Waals surface area contributed by atoms with Crippen molar-refractivity contribution < 1.29 is 5.11 Å². The molecule has 0 aromatic carbocycles. The Labute approximate surface area is 96.1 Å². The van der Waals surface area contributed by atoms with Crippen LogP contribution in [0.1, 0.15) is 19.8 Å². The Morgan fingerprint density at radius 2 is 2.38 bits per heavy atom. The van der Waals surface area contributed by atoms with E-state index >= 15 is 0 Å². The molecule has 16 heavy (non-hydrogen) atoms. The minimum Gasteiger partial charge on any atom is -0.397 e. The summed E-state index contributed by atoms with van der Waals surface area (Å²) in [6.45, 7) is 3.76. The monoisotopic (exact) mass is 221 g/mol. The molecule has 4 heteroatoms. The molecule has 1 aromatic rings. The number of nitrogen functional groups attached to an aromatic ring is 1. The molecule has 0 radical (unpaired) electrons. The molecule has 1 aliphatic heterocycles. The number of rotatable bonds is 2. The molecule has 0 unspecified atom stereocenters. The van der Waals surface area contributed by atoms with Gasteiger partial charge in [-0.1, -0.05) is 0 Å². The van der Waals surface area contributed by atoms with E-state index in [1.165, 1.54) is 0 Å². The van der Waals surface area contributed by atoms with E-state index in [1.54, 1.807) is 6.20 Å². The first-order chi connectivity index (χ1) is 7.66. The zero-order valence-corrected chi connectivity index (χ0v) is 9.63. The second kappa shape index (κ2) is 4.70. The zero-order chi connectivity index (χ0) is 11.5. The molecule has 2 atom stereocenters. The van der Waals surface area contributed by atoms with E-state index in [0.717, 1.165) is 31.7 Å². The molecule has 0 saturated carbocycles. The van der Waals surface area contributed by atoms with Crippen LogP contribution in [0.15, 0.2) is 18.3 Å². The van der Waals surface area contributed by atoms with Gasteiger partial charge in [-0.15, -0.1) is 0 Å². The molecule has 2 rings (SSSR count). The van der Waals surface area contributed by atoms with Crippen LogP contribution < -0.4 is 10.6 Å². The quantitative estimate of drug-likeness (QED) is 0.789. The predicted molar refractivity (Wildman–Crippen MR) is 65.3 cm³/mol. The first kappa shape index (κ1) is 11.2. The molecular weight excluding hydrogens is 202 g/mol. The number of nitrogens with zero attached hydrogens (tertiary/aromatic N) is 2. The number of pyridine rings is 1. The molecule has 1 fully saturated rings. The summed E-state index contributed by atoms with van der Waals surface area (Å²) in [7, 11) is 0. The first-order valence-corrected chi connectivity index (χ1v) is 5.81. The summed E-state index contributed by atoms with van der Waals surface area (Å²) < 4.78 is 0. The van der Waals surface area contributed by atoms with Gasteiger partial charge in [-0.2, -0.15) is 0 Å². The maximum absolute atomic E-state index is 9.62. The van der Waals surface area contributed by atoms with Gasteiger partial charge in [0.25, 0.3) is 0 Å². The maximum Gasteiger partial charge on any atom is 0.128 e. The van der Waals surface area contributed by atoms with Gasteiger partial charge in [0.15, 0.2) is 0 Å². The first-order valence-electron chi connectivity index (χ1n) is 5.81. The van der Waals surface area contributed by atoms with Gasteiger partial charge in [0.2, 0.25) is 0 Å². The van der Waals surface area contributed by atoms with E-state index in [9.17, 15) is 5.11 Å². The van der Waals surface area contributed by atoms with Crippen molar-refractivity contribution in [1.82, 2.24) is 4.98 Å². The Kier molecular flexibility index (Phi) is 3.29. The number of aliphatic hydroxyl groups is 1. The Morgan fingerprint density at radius 3 is 3.00 bits per heavy atom. The van der Waals surface area contributed by atoms with Crippen LogP contribution in [0.25, 0.3) is 0 Å². The third-order valence-electron chi connectivity index (χ3n) is 3.23. The molecule has 0 bridgehead atoms. The minimum atomic E-state index is -0.239. The van der Waals surface area contributed by atoms with E-state index in [0.29, 0.717) is 11.6 Å². The molecular formula is C12H19N3O. The van der Waals surface area contributed by atoms with Crippen molar-refractivity contribution >= 4 is 11.5 Å². The maximum atomic E-state index is 9.62. The van der Waals surface area contributed by atoms with Crippen molar-refractivity contribution in [3.05, 3.63) is 18.3 Å². The number of hydrogen-bond donors (Lipinski definition) is 2. The van der Waals surface area contributed by atoms with Gasteiger partial charge < -0.3 is 15.7 Å². The van der Waals surface area contributed by atoms with Gasteiger partial charge in [-0.25, -0.2) is 4.98 Å². The smallest absolute Gasteiger partial charge is 0.128 e. The number of anilines is 2. The van der Waals surface area contributed by atoms with Crippen molar-refractivity contribution in [2.24, 2.45) is 5.92 Å². The van der Waals surface area contributed by atoms with Gasteiger partial charge in [0.05, 0.1) is 18.0 Å². The molecule has 1 saturated heterocycles. The molecule has 2 heterocycles. The van der Waals surface area contributed by atoms with E-state index < -0.39 is 0 Å². The average Bonchev–Trinajstić information content (AvgIpc) is 2.30. The highest BCUT2D eigenvalue weighted by Crippen LogP contribution is 2.23. The molecule has 3 N–H and O–H groups in total. The molecule has 88 valence electrons. The van der Waals surface area contributed by atoms with Crippen LogP contribution in [-0.2, 0) is 0 Å². The fraction of sp³-hybridized carbons (Fsp3) is 0.583. The van der Waals surface area contributed by atoms with Crippen molar-refractivity contribution in [1.29, 1.82) is 0 Å². The largest absolute Gasteiger partial charge is 0.397 e. The highest BCUT2D eigenvalue weighted by Gasteiger charge is 2.23. The van der Waals surface area contributed by atoms with Crippen molar-refractivity contribution in [2.75, 3.05) is 23.7 Å². The number of hydrogen-bond acceptors (Lipinski definition) is 4. The van der Waals surface area contributed by atoms with Crippen LogP contribution in [-0.4, -0.2) is 29.3 Å². The van der Waals surface area contributed by atoms with Crippen LogP contribution in [0.2, 0.25) is 0 Å². The zero-order valence-electron chi connectivity index (χ0n) is 9.63. The van der Waals surface area contributed by atoms with Gasteiger partial charge >= 0.3 is 0 Å². The molecule has 0 aliphatic carbocycles. The van der Waals surface area contributed by atoms with Crippen LogP contribution in [0.3, 0.4) is 0 Å². The van der Waals surface area contributed by atoms with Crippen LogP contribution in [0.5, 0.6) is 0 Å². The third-order valence-corrected chi connectivity index (χ3v) is 3.23. The van der Waals surface area contributed by atoms with Gasteiger partial charge in [-0.3, -0.25) is 0 Å². The highest BCUT2D eigenvalue weighted by atomic mass is 16.3. The van der Waals surface area contributed by atoms with Crippen molar-refractivity contribution in [2.45, 2.75) is 25.9 Å². The van der Waals surface area contributed by atoms with Crippen LogP contribution >= 0.6 is 0 Å². The summed E-state index contributed by atoms with van der Waals surface area (Å²) >= 11 is 0. The van der Waals surface area contributed by atoms with Crippen LogP contribution in [0.4, 0.5) is 11.5 Å². The van der Waals surface area contributed by atoms with Gasteiger partial charge in [0.1, 0.15) is 5.82 Å².